The zero-order chi connectivity index (χ0) is 15.1. The second kappa shape index (κ2) is 7.66. The van der Waals surface area contributed by atoms with E-state index < -0.39 is 23.9 Å². The van der Waals surface area contributed by atoms with E-state index in [4.69, 9.17) is 21.8 Å². The minimum absolute atomic E-state index is 0.172. The van der Waals surface area contributed by atoms with Gasteiger partial charge in [0.05, 0.1) is 4.34 Å². The summed E-state index contributed by atoms with van der Waals surface area (Å²) in [5.74, 6) is -2.99. The molecule has 0 saturated heterocycles. The molecule has 108 valence electrons. The van der Waals surface area contributed by atoms with E-state index in [-0.39, 0.29) is 12.8 Å². The first-order chi connectivity index (χ1) is 9.38. The fourth-order valence-electron chi connectivity index (χ4n) is 1.32. The number of halogens is 1. The van der Waals surface area contributed by atoms with Crippen LogP contribution in [0.1, 0.15) is 17.7 Å². The van der Waals surface area contributed by atoms with Gasteiger partial charge in [-0.1, -0.05) is 11.6 Å². The van der Waals surface area contributed by atoms with Crippen molar-refractivity contribution in [3.63, 3.8) is 0 Å². The Morgan fingerprint density at radius 2 is 2.05 bits per heavy atom. The van der Waals surface area contributed by atoms with Gasteiger partial charge >= 0.3 is 11.9 Å². The Morgan fingerprint density at radius 3 is 2.55 bits per heavy atom. The third-order valence-corrected chi connectivity index (χ3v) is 3.45. The summed E-state index contributed by atoms with van der Waals surface area (Å²) < 4.78 is 0.579. The Balaban J connectivity index is 2.55. The molecule has 1 atom stereocenters. The Bertz CT molecular complexity index is 540. The van der Waals surface area contributed by atoms with E-state index >= 15 is 0 Å². The molecule has 0 aliphatic heterocycles. The van der Waals surface area contributed by atoms with Crippen molar-refractivity contribution in [2.45, 2.75) is 18.9 Å². The number of carbonyl (C=O) groups is 3. The van der Waals surface area contributed by atoms with Crippen LogP contribution >= 0.6 is 22.9 Å². The molecule has 0 bridgehead atoms. The number of thiophene rings is 1. The summed E-state index contributed by atoms with van der Waals surface area (Å²) in [5.41, 5.74) is 0. The molecule has 1 aromatic heterocycles. The Morgan fingerprint density at radius 1 is 1.35 bits per heavy atom. The average molecular weight is 318 g/mol. The summed E-state index contributed by atoms with van der Waals surface area (Å²) in [6.45, 7) is 0. The summed E-state index contributed by atoms with van der Waals surface area (Å²) in [4.78, 5) is 33.6. The highest BCUT2D eigenvalue weighted by Gasteiger charge is 2.19. The highest BCUT2D eigenvalue weighted by atomic mass is 35.5. The van der Waals surface area contributed by atoms with Crippen LogP contribution in [0.4, 0.5) is 0 Å². The smallest absolute Gasteiger partial charge is 0.326 e. The van der Waals surface area contributed by atoms with E-state index in [0.717, 1.165) is 4.88 Å². The fourth-order valence-corrected chi connectivity index (χ4v) is 2.28. The lowest BCUT2D eigenvalue weighted by Crippen LogP contribution is -2.40. The van der Waals surface area contributed by atoms with Crippen molar-refractivity contribution in [2.75, 3.05) is 0 Å². The molecule has 0 fully saturated rings. The molecule has 0 unspecified atom stereocenters. The van der Waals surface area contributed by atoms with Crippen LogP contribution in [0.25, 0.3) is 6.08 Å². The van der Waals surface area contributed by atoms with Gasteiger partial charge in [-0.15, -0.1) is 11.3 Å². The third kappa shape index (κ3) is 5.85. The highest BCUT2D eigenvalue weighted by Crippen LogP contribution is 2.22. The maximum atomic E-state index is 11.5. The third-order valence-electron chi connectivity index (χ3n) is 2.25. The van der Waals surface area contributed by atoms with Gasteiger partial charge in [-0.05, 0) is 24.6 Å². The number of nitrogens with one attached hydrogen (secondary N) is 1. The molecule has 1 rings (SSSR count). The van der Waals surface area contributed by atoms with Crippen molar-refractivity contribution in [1.82, 2.24) is 5.32 Å². The van der Waals surface area contributed by atoms with Crippen LogP contribution in [0.3, 0.4) is 0 Å². The van der Waals surface area contributed by atoms with Crippen LogP contribution < -0.4 is 5.32 Å². The van der Waals surface area contributed by atoms with Crippen molar-refractivity contribution in [3.8, 4) is 0 Å². The standard InChI is InChI=1S/C12H12ClNO5S/c13-9-4-1-7(20-9)2-5-10(15)14-8(12(18)19)3-6-11(16)17/h1-2,4-5,8H,3,6H2,(H,14,15)(H,16,17)(H,18,19)/b5-2+/t8-/m0/s1. The van der Waals surface area contributed by atoms with E-state index in [9.17, 15) is 14.4 Å². The molecule has 1 amide bonds. The quantitative estimate of drug-likeness (QED) is 0.666. The van der Waals surface area contributed by atoms with E-state index in [1.165, 1.54) is 23.5 Å². The summed E-state index contributed by atoms with van der Waals surface area (Å²) in [6.07, 6.45) is 2.18. The van der Waals surface area contributed by atoms with Crippen molar-refractivity contribution >= 4 is 46.9 Å². The van der Waals surface area contributed by atoms with Crippen LogP contribution in [0, 0.1) is 0 Å². The van der Waals surface area contributed by atoms with Gasteiger partial charge in [0.2, 0.25) is 5.91 Å². The van der Waals surface area contributed by atoms with Gasteiger partial charge < -0.3 is 15.5 Å². The van der Waals surface area contributed by atoms with Crippen molar-refractivity contribution in [3.05, 3.63) is 27.4 Å². The average Bonchev–Trinajstić information content (AvgIpc) is 2.77. The van der Waals surface area contributed by atoms with Crippen LogP contribution in [0.15, 0.2) is 18.2 Å². The fraction of sp³-hybridized carbons (Fsp3) is 0.250. The molecule has 8 heteroatoms. The number of carboxylic acid groups (broad SMARTS) is 2. The molecular weight excluding hydrogens is 306 g/mol. The number of hydrogen-bond acceptors (Lipinski definition) is 4. The first-order valence-electron chi connectivity index (χ1n) is 5.57. The number of aliphatic carboxylic acids is 2. The Labute approximate surface area is 123 Å². The summed E-state index contributed by atoms with van der Waals surface area (Å²) in [5, 5.41) is 19.6. The van der Waals surface area contributed by atoms with Gasteiger partial charge in [0, 0.05) is 17.4 Å². The van der Waals surface area contributed by atoms with Crippen molar-refractivity contribution < 1.29 is 24.6 Å². The molecule has 0 radical (unpaired) electrons. The van der Waals surface area contributed by atoms with Gasteiger partial charge in [-0.2, -0.15) is 0 Å². The molecule has 1 heterocycles. The van der Waals surface area contributed by atoms with Gasteiger partial charge in [-0.3, -0.25) is 9.59 Å². The molecule has 20 heavy (non-hydrogen) atoms. The molecule has 1 aromatic rings. The number of rotatable bonds is 7. The lowest BCUT2D eigenvalue weighted by Gasteiger charge is -2.11. The van der Waals surface area contributed by atoms with E-state index in [1.54, 1.807) is 12.1 Å². The lowest BCUT2D eigenvalue weighted by atomic mass is 10.1. The monoisotopic (exact) mass is 317 g/mol. The van der Waals surface area contributed by atoms with E-state index in [0.29, 0.717) is 4.34 Å². The summed E-state index contributed by atoms with van der Waals surface area (Å²) in [6, 6.07) is 2.17. The summed E-state index contributed by atoms with van der Waals surface area (Å²) >= 11 is 7.00. The second-order valence-corrected chi connectivity index (χ2v) is 5.55. The van der Waals surface area contributed by atoms with Crippen LogP contribution in [-0.2, 0) is 14.4 Å². The Kier molecular flexibility index (Phi) is 6.20. The highest BCUT2D eigenvalue weighted by molar-refractivity contribution is 7.17. The SMILES string of the molecule is O=C(O)CC[C@H](NC(=O)/C=C/c1ccc(Cl)s1)C(=O)O. The molecular formula is C12H12ClNO5S. The zero-order valence-electron chi connectivity index (χ0n) is 10.2. The zero-order valence-corrected chi connectivity index (χ0v) is 11.8. The summed E-state index contributed by atoms with van der Waals surface area (Å²) in [7, 11) is 0. The maximum Gasteiger partial charge on any atom is 0.326 e. The molecule has 6 nitrogen and oxygen atoms in total. The number of carboxylic acids is 2. The molecule has 0 aromatic carbocycles. The largest absolute Gasteiger partial charge is 0.481 e. The minimum Gasteiger partial charge on any atom is -0.481 e. The van der Waals surface area contributed by atoms with E-state index in [2.05, 4.69) is 5.32 Å². The van der Waals surface area contributed by atoms with E-state index in [1.807, 2.05) is 0 Å². The number of hydrogen-bond donors (Lipinski definition) is 3. The predicted octanol–water partition coefficient (Wildman–Crippen LogP) is 1.85. The van der Waals surface area contributed by atoms with Gasteiger partial charge in [0.15, 0.2) is 0 Å². The van der Waals surface area contributed by atoms with Crippen LogP contribution in [0.5, 0.6) is 0 Å². The lowest BCUT2D eigenvalue weighted by molar-refractivity contribution is -0.142. The number of carbonyl (C=O) groups excluding carboxylic acids is 1. The molecule has 3 N–H and O–H groups in total. The Hall–Kier alpha value is -1.86. The van der Waals surface area contributed by atoms with Gasteiger partial charge in [0.1, 0.15) is 6.04 Å². The molecule has 0 saturated carbocycles. The van der Waals surface area contributed by atoms with Crippen LogP contribution in [-0.4, -0.2) is 34.1 Å². The molecule has 0 aliphatic rings. The van der Waals surface area contributed by atoms with Crippen LogP contribution in [0.2, 0.25) is 4.34 Å². The van der Waals surface area contributed by atoms with Gasteiger partial charge in [0.25, 0.3) is 0 Å². The van der Waals surface area contributed by atoms with Crippen molar-refractivity contribution in [2.24, 2.45) is 0 Å². The maximum absolute atomic E-state index is 11.5. The van der Waals surface area contributed by atoms with Gasteiger partial charge in [-0.25, -0.2) is 4.79 Å². The first-order valence-corrected chi connectivity index (χ1v) is 6.76. The van der Waals surface area contributed by atoms with Crippen molar-refractivity contribution in [1.29, 1.82) is 0 Å². The topological polar surface area (TPSA) is 104 Å². The minimum atomic E-state index is -1.27. The normalized spacial score (nSPS) is 12.2. The molecule has 0 spiro atoms. The second-order valence-electron chi connectivity index (χ2n) is 3.81. The number of amides is 1. The molecule has 0 aliphatic carbocycles. The first kappa shape index (κ1) is 16.2. The predicted molar refractivity (Wildman–Crippen MR) is 74.8 cm³/mol.